The number of hydrogen-bond acceptors (Lipinski definition) is 6. The number of ether oxygens (including phenoxy) is 2. The number of hydrogen-bond donors (Lipinski definition) is 3. The molecule has 2 rings (SSSR count). The van der Waals surface area contributed by atoms with Crippen LogP contribution in [0.5, 0.6) is 0 Å². The second-order valence-corrected chi connectivity index (χ2v) is 9.82. The topological polar surface area (TPSA) is 114 Å². The van der Waals surface area contributed by atoms with Crippen LogP contribution in [0.3, 0.4) is 0 Å². The highest BCUT2D eigenvalue weighted by Gasteiger charge is 2.22. The molecule has 0 aliphatic rings. The first-order valence-electron chi connectivity index (χ1n) is 12.6. The number of likely N-dealkylation sites (N-methyl/N-ethyl adjacent to an activating group) is 1. The number of rotatable bonds is 11. The van der Waals surface area contributed by atoms with Gasteiger partial charge in [0.05, 0.1) is 19.4 Å². The molecular weight excluding hydrogens is 536 g/mol. The number of amides is 1. The number of esters is 1. The molecule has 2 aromatic carbocycles. The number of aliphatic carboxylic acids is 1. The fraction of sp³-hybridized carbons (Fsp3) is 0.464. The van der Waals surface area contributed by atoms with Gasteiger partial charge in [-0.05, 0) is 95.1 Å². The van der Waals surface area contributed by atoms with Gasteiger partial charge in [-0.2, -0.15) is 0 Å². The zero-order chi connectivity index (χ0) is 30.5. The van der Waals surface area contributed by atoms with Crippen molar-refractivity contribution in [1.29, 1.82) is 0 Å². The van der Waals surface area contributed by atoms with Crippen LogP contribution in [-0.4, -0.2) is 54.5 Å². The number of carboxylic acids is 1. The van der Waals surface area contributed by atoms with Crippen molar-refractivity contribution in [3.8, 4) is 0 Å². The van der Waals surface area contributed by atoms with E-state index in [1.54, 1.807) is 34.7 Å². The van der Waals surface area contributed by atoms with Crippen LogP contribution < -0.4 is 10.6 Å². The van der Waals surface area contributed by atoms with Gasteiger partial charge in [-0.15, -0.1) is 0 Å². The van der Waals surface area contributed by atoms with Gasteiger partial charge in [0, 0.05) is 12.1 Å². The van der Waals surface area contributed by atoms with E-state index >= 15 is 0 Å². The molecule has 222 valence electrons. The minimum atomic E-state index is -1.17. The highest BCUT2D eigenvalue weighted by molar-refractivity contribution is 5.71. The fourth-order valence-corrected chi connectivity index (χ4v) is 3.49. The van der Waals surface area contributed by atoms with Crippen LogP contribution in [0.2, 0.25) is 0 Å². The van der Waals surface area contributed by atoms with Gasteiger partial charge in [0.25, 0.3) is 0 Å². The van der Waals surface area contributed by atoms with Crippen LogP contribution >= 0.6 is 0 Å². The lowest BCUT2D eigenvalue weighted by molar-refractivity contribution is -0.143. The first kappa shape index (κ1) is 34.4. The molecule has 12 heteroatoms. The number of alkyl carbamates (subject to hydrolysis) is 1. The van der Waals surface area contributed by atoms with E-state index < -0.39 is 53.4 Å². The Labute approximate surface area is 231 Å². The molecule has 0 aromatic heterocycles. The monoisotopic (exact) mass is 572 g/mol. The summed E-state index contributed by atoms with van der Waals surface area (Å²) < 4.78 is 63.1. The third-order valence-corrected chi connectivity index (χ3v) is 5.22. The minimum absolute atomic E-state index is 0.0118. The summed E-state index contributed by atoms with van der Waals surface area (Å²) in [6, 6.07) is 5.00. The normalized spacial score (nSPS) is 12.4. The van der Waals surface area contributed by atoms with E-state index in [1.165, 1.54) is 0 Å². The summed E-state index contributed by atoms with van der Waals surface area (Å²) in [7, 11) is 1.67. The van der Waals surface area contributed by atoms with Crippen molar-refractivity contribution in [3.05, 3.63) is 70.8 Å². The Kier molecular flexibility index (Phi) is 14.1. The second kappa shape index (κ2) is 16.4. The van der Waals surface area contributed by atoms with E-state index in [2.05, 4.69) is 10.6 Å². The Hall–Kier alpha value is -3.67. The first-order chi connectivity index (χ1) is 18.6. The lowest BCUT2D eigenvalue weighted by Gasteiger charge is -2.23. The number of carbonyl (C=O) groups is 3. The number of carbonyl (C=O) groups excluding carboxylic acids is 2. The molecule has 2 unspecified atom stereocenters. The van der Waals surface area contributed by atoms with Gasteiger partial charge < -0.3 is 25.2 Å². The van der Waals surface area contributed by atoms with Gasteiger partial charge in [-0.1, -0.05) is 0 Å². The quantitative estimate of drug-likeness (QED) is 0.259. The molecule has 3 N–H and O–H groups in total. The number of benzene rings is 2. The highest BCUT2D eigenvalue weighted by Crippen LogP contribution is 2.15. The van der Waals surface area contributed by atoms with Crippen molar-refractivity contribution in [3.63, 3.8) is 0 Å². The lowest BCUT2D eigenvalue weighted by atomic mass is 10.0. The van der Waals surface area contributed by atoms with Gasteiger partial charge in [0.1, 0.15) is 28.9 Å². The van der Waals surface area contributed by atoms with Crippen molar-refractivity contribution in [2.75, 3.05) is 13.7 Å². The molecule has 0 spiro atoms. The number of carboxylic acid groups (broad SMARTS) is 1. The van der Waals surface area contributed by atoms with Gasteiger partial charge >= 0.3 is 18.0 Å². The standard InChI is InChI=1S/C15H19F2NO4.C13H17F2NO2/c1-15(2,3)22-14(21)18-11(8-13(19)20)7-9-6-10(16)4-5-12(9)17;1-3-18-13(17)8-11(16-2)7-9-6-10(14)4-5-12(9)15/h4-6,11H,7-8H2,1-3H3,(H,18,21)(H,19,20);4-6,11,16H,3,7-8H2,1-2H3. The SMILES string of the molecule is CC(C)(C)OC(=O)NC(CC(=O)O)Cc1cc(F)ccc1F.CCOC(=O)CC(Cc1cc(F)ccc1F)NC. The third-order valence-electron chi connectivity index (χ3n) is 5.22. The average Bonchev–Trinajstić information content (AvgIpc) is 2.82. The zero-order valence-electron chi connectivity index (χ0n) is 23.2. The Bertz CT molecular complexity index is 1140. The molecule has 8 nitrogen and oxygen atoms in total. The van der Waals surface area contributed by atoms with Crippen molar-refractivity contribution in [2.45, 2.75) is 71.1 Å². The Morgan fingerprint density at radius 3 is 1.80 bits per heavy atom. The molecular formula is C28H36F4N2O6. The molecule has 2 atom stereocenters. The van der Waals surface area contributed by atoms with Crippen LogP contribution in [0.4, 0.5) is 22.4 Å². The van der Waals surface area contributed by atoms with E-state index in [4.69, 9.17) is 14.6 Å². The van der Waals surface area contributed by atoms with Crippen LogP contribution in [0.15, 0.2) is 36.4 Å². The summed E-state index contributed by atoms with van der Waals surface area (Å²) in [5, 5.41) is 14.1. The van der Waals surface area contributed by atoms with Gasteiger partial charge in [0.2, 0.25) is 0 Å². The third kappa shape index (κ3) is 13.9. The van der Waals surface area contributed by atoms with Gasteiger partial charge in [-0.25, -0.2) is 22.4 Å². The van der Waals surface area contributed by atoms with Crippen molar-refractivity contribution in [2.24, 2.45) is 0 Å². The Morgan fingerprint density at radius 1 is 0.875 bits per heavy atom. The molecule has 0 saturated heterocycles. The molecule has 0 heterocycles. The molecule has 40 heavy (non-hydrogen) atoms. The zero-order valence-corrected chi connectivity index (χ0v) is 23.2. The highest BCUT2D eigenvalue weighted by atomic mass is 19.1. The van der Waals surface area contributed by atoms with E-state index in [0.717, 1.165) is 36.4 Å². The molecule has 0 aliphatic carbocycles. The summed E-state index contributed by atoms with van der Waals surface area (Å²) in [6.45, 7) is 7.00. The first-order valence-corrected chi connectivity index (χ1v) is 12.6. The number of halogens is 4. The molecule has 0 radical (unpaired) electrons. The Balaban J connectivity index is 0.000000408. The average molecular weight is 573 g/mol. The molecule has 1 amide bonds. The lowest BCUT2D eigenvalue weighted by Crippen LogP contribution is -2.41. The van der Waals surface area contributed by atoms with Crippen LogP contribution in [0.1, 0.15) is 51.7 Å². The summed E-state index contributed by atoms with van der Waals surface area (Å²) in [6.07, 6.45) is -1.04. The summed E-state index contributed by atoms with van der Waals surface area (Å²) >= 11 is 0. The molecule has 0 bridgehead atoms. The van der Waals surface area contributed by atoms with Crippen molar-refractivity contribution >= 4 is 18.0 Å². The van der Waals surface area contributed by atoms with Gasteiger partial charge in [0.15, 0.2) is 0 Å². The fourth-order valence-electron chi connectivity index (χ4n) is 3.49. The molecule has 0 fully saturated rings. The molecule has 2 aromatic rings. The molecule has 0 saturated carbocycles. The van der Waals surface area contributed by atoms with Crippen LogP contribution in [-0.2, 0) is 31.9 Å². The van der Waals surface area contributed by atoms with E-state index in [1.807, 2.05) is 0 Å². The maximum absolute atomic E-state index is 13.6. The van der Waals surface area contributed by atoms with E-state index in [9.17, 15) is 31.9 Å². The largest absolute Gasteiger partial charge is 0.481 e. The van der Waals surface area contributed by atoms with Crippen molar-refractivity contribution in [1.82, 2.24) is 10.6 Å². The maximum Gasteiger partial charge on any atom is 0.407 e. The van der Waals surface area contributed by atoms with Crippen molar-refractivity contribution < 1.29 is 46.5 Å². The predicted octanol–water partition coefficient (Wildman–Crippen LogP) is 4.92. The summed E-state index contributed by atoms with van der Waals surface area (Å²) in [5.41, 5.74) is -0.511. The van der Waals surface area contributed by atoms with E-state index in [-0.39, 0.29) is 42.4 Å². The van der Waals surface area contributed by atoms with Crippen LogP contribution in [0.25, 0.3) is 0 Å². The second-order valence-electron chi connectivity index (χ2n) is 9.82. The maximum atomic E-state index is 13.6. The van der Waals surface area contributed by atoms with Crippen LogP contribution in [0, 0.1) is 23.3 Å². The van der Waals surface area contributed by atoms with E-state index in [0.29, 0.717) is 6.61 Å². The smallest absolute Gasteiger partial charge is 0.407 e. The molecule has 0 aliphatic heterocycles. The predicted molar refractivity (Wildman–Crippen MR) is 140 cm³/mol. The summed E-state index contributed by atoms with van der Waals surface area (Å²) in [5.74, 6) is -3.78. The Morgan fingerprint density at radius 2 is 1.38 bits per heavy atom. The van der Waals surface area contributed by atoms with Gasteiger partial charge in [-0.3, -0.25) is 9.59 Å². The minimum Gasteiger partial charge on any atom is -0.481 e. The number of nitrogens with one attached hydrogen (secondary N) is 2. The summed E-state index contributed by atoms with van der Waals surface area (Å²) in [4.78, 5) is 33.9.